The number of carbonyl (C=O) groups is 2. The normalized spacial score (nSPS) is 17.5. The summed E-state index contributed by atoms with van der Waals surface area (Å²) in [6, 6.07) is 13.4. The van der Waals surface area contributed by atoms with Gasteiger partial charge in [-0.25, -0.2) is 4.79 Å². The molecule has 8 heteroatoms. The number of allylic oxidation sites excluding steroid dienone is 4. The molecule has 5 rings (SSSR count). The third kappa shape index (κ3) is 6.48. The highest BCUT2D eigenvalue weighted by Gasteiger charge is 2.24. The summed E-state index contributed by atoms with van der Waals surface area (Å²) >= 11 is 7.60. The predicted molar refractivity (Wildman–Crippen MR) is 171 cm³/mol. The number of Topliss-reactive ketones (excluding diaryl/α,β-unsaturated/α-hetero) is 1. The molecule has 1 aromatic heterocycles. The second-order valence-electron chi connectivity index (χ2n) is 10.7. The van der Waals surface area contributed by atoms with Crippen LogP contribution in [0, 0.1) is 5.92 Å². The number of aliphatic hydroxyl groups is 1. The van der Waals surface area contributed by atoms with Crippen LogP contribution in [-0.4, -0.2) is 32.9 Å². The van der Waals surface area contributed by atoms with Crippen LogP contribution in [-0.2, 0) is 21.0 Å². The van der Waals surface area contributed by atoms with Crippen molar-refractivity contribution >= 4 is 63.9 Å². The van der Waals surface area contributed by atoms with Gasteiger partial charge in [-0.05, 0) is 75.1 Å². The molecule has 0 fully saturated rings. The van der Waals surface area contributed by atoms with E-state index in [0.29, 0.717) is 34.9 Å². The Morgan fingerprint density at radius 3 is 2.71 bits per heavy atom. The number of rotatable bonds is 10. The van der Waals surface area contributed by atoms with E-state index in [9.17, 15) is 14.7 Å². The Balaban J connectivity index is 1.47. The lowest BCUT2D eigenvalue weighted by Gasteiger charge is -2.17. The third-order valence-electron chi connectivity index (χ3n) is 7.81. The molecule has 0 saturated carbocycles. The van der Waals surface area contributed by atoms with Crippen molar-refractivity contribution in [1.82, 2.24) is 4.57 Å². The van der Waals surface area contributed by atoms with E-state index in [4.69, 9.17) is 16.4 Å². The molecule has 218 valence electrons. The Morgan fingerprint density at radius 1 is 1.21 bits per heavy atom. The van der Waals surface area contributed by atoms with Gasteiger partial charge in [-0.1, -0.05) is 52.7 Å². The van der Waals surface area contributed by atoms with E-state index in [-0.39, 0.29) is 11.7 Å². The van der Waals surface area contributed by atoms with Crippen molar-refractivity contribution in [3.8, 4) is 0 Å². The number of fused-ring (bicyclic) bond motifs is 3. The Bertz CT molecular complexity index is 1730. The number of hydrogen-bond donors (Lipinski definition) is 1. The molecule has 2 atom stereocenters. The molecule has 0 spiro atoms. The molecule has 0 saturated heterocycles. The van der Waals surface area contributed by atoms with Crippen LogP contribution in [0.2, 0.25) is 5.02 Å². The number of thioether (sulfide) groups is 1. The molecule has 1 unspecified atom stereocenters. The number of aromatic nitrogens is 1. The Hall–Kier alpha value is -3.39. The largest absolute Gasteiger partial charge is 0.382 e. The second-order valence-corrected chi connectivity index (χ2v) is 12.3. The molecule has 2 aromatic carbocycles. The fourth-order valence-electron chi connectivity index (χ4n) is 5.64. The zero-order chi connectivity index (χ0) is 29.8. The summed E-state index contributed by atoms with van der Waals surface area (Å²) in [7, 11) is 0. The van der Waals surface area contributed by atoms with E-state index in [0.717, 1.165) is 56.9 Å². The van der Waals surface area contributed by atoms with Crippen molar-refractivity contribution < 1.29 is 19.5 Å². The van der Waals surface area contributed by atoms with E-state index in [1.54, 1.807) is 11.8 Å². The van der Waals surface area contributed by atoms with Gasteiger partial charge in [0.1, 0.15) is 6.10 Å². The summed E-state index contributed by atoms with van der Waals surface area (Å²) in [5.74, 6) is 0.000935. The average molecular weight is 603 g/mol. The lowest BCUT2D eigenvalue weighted by Crippen LogP contribution is -2.34. The SMILES string of the molecule is CCn1c2c(c3cc(C(O)/C(CCSc4ccc(Cl)cc4)=N/OC(C)=O)ccc31)=C[C@H](C(=O)C1=C(C)CCC=C1)CC=2. The number of carbonyl (C=O) groups excluding carboxylic acids is 2. The lowest BCUT2D eigenvalue weighted by molar-refractivity contribution is -0.141. The summed E-state index contributed by atoms with van der Waals surface area (Å²) in [4.78, 5) is 31.1. The van der Waals surface area contributed by atoms with Gasteiger partial charge in [0, 0.05) is 68.5 Å². The highest BCUT2D eigenvalue weighted by Crippen LogP contribution is 2.27. The standard InChI is InChI=1S/C34H35ClN2O4S/c1-4-37-31-15-9-23(33(39)27-8-6-5-7-21(27)2)19-28(31)29-20-24(10-16-32(29)37)34(40)30(36-41-22(3)38)17-18-42-26-13-11-25(35)12-14-26/h6,8,10-16,19-20,23,34,40H,4-5,7,9,17-18H2,1-3H3/b36-30+/t23-,34?/m1/s1. The third-order valence-corrected chi connectivity index (χ3v) is 9.08. The number of aliphatic hydroxyl groups excluding tert-OH is 1. The molecule has 0 radical (unpaired) electrons. The fourth-order valence-corrected chi connectivity index (χ4v) is 6.64. The summed E-state index contributed by atoms with van der Waals surface area (Å²) < 4.78 is 2.25. The van der Waals surface area contributed by atoms with Gasteiger partial charge in [0.2, 0.25) is 0 Å². The monoisotopic (exact) mass is 602 g/mol. The van der Waals surface area contributed by atoms with Crippen LogP contribution in [0.5, 0.6) is 0 Å². The first-order chi connectivity index (χ1) is 20.3. The van der Waals surface area contributed by atoms with Crippen LogP contribution in [0.3, 0.4) is 0 Å². The number of ketones is 1. The topological polar surface area (TPSA) is 80.9 Å². The van der Waals surface area contributed by atoms with Crippen LogP contribution >= 0.6 is 23.4 Å². The van der Waals surface area contributed by atoms with E-state index < -0.39 is 12.1 Å². The van der Waals surface area contributed by atoms with E-state index in [1.165, 1.54) is 6.92 Å². The molecule has 2 aliphatic carbocycles. The molecule has 0 aliphatic heterocycles. The smallest absolute Gasteiger partial charge is 0.331 e. The fraction of sp³-hybridized carbons (Fsp3) is 0.324. The highest BCUT2D eigenvalue weighted by molar-refractivity contribution is 7.99. The van der Waals surface area contributed by atoms with Crippen LogP contribution < -0.4 is 10.6 Å². The molecule has 42 heavy (non-hydrogen) atoms. The van der Waals surface area contributed by atoms with E-state index in [2.05, 4.69) is 34.9 Å². The highest BCUT2D eigenvalue weighted by atomic mass is 35.5. The Labute approximate surface area is 255 Å². The molecular weight excluding hydrogens is 568 g/mol. The van der Waals surface area contributed by atoms with Crippen molar-refractivity contribution in [3.63, 3.8) is 0 Å². The van der Waals surface area contributed by atoms with Crippen molar-refractivity contribution in [3.05, 3.63) is 86.9 Å². The molecule has 1 heterocycles. The molecular formula is C34H35ClN2O4S. The van der Waals surface area contributed by atoms with Crippen LogP contribution in [0.4, 0.5) is 0 Å². The molecule has 1 N–H and O–H groups in total. The van der Waals surface area contributed by atoms with Crippen molar-refractivity contribution in [2.24, 2.45) is 11.1 Å². The average Bonchev–Trinajstić information content (AvgIpc) is 3.31. The molecule has 0 bridgehead atoms. The number of benzene rings is 2. The van der Waals surface area contributed by atoms with Gasteiger partial charge in [0.25, 0.3) is 0 Å². The summed E-state index contributed by atoms with van der Waals surface area (Å²) in [5.41, 5.74) is 4.04. The first-order valence-electron chi connectivity index (χ1n) is 14.3. The van der Waals surface area contributed by atoms with E-state index >= 15 is 0 Å². The number of aryl methyl sites for hydroxylation is 1. The Kier molecular flexibility index (Phi) is 9.51. The van der Waals surface area contributed by atoms with Gasteiger partial charge in [-0.3, -0.25) is 4.79 Å². The molecule has 3 aromatic rings. The molecule has 6 nitrogen and oxygen atoms in total. The molecule has 2 aliphatic rings. The summed E-state index contributed by atoms with van der Waals surface area (Å²) in [6.45, 7) is 6.22. The zero-order valence-corrected chi connectivity index (χ0v) is 25.7. The number of nitrogens with zero attached hydrogens (tertiary/aromatic N) is 2. The minimum absolute atomic E-state index is 0.160. The van der Waals surface area contributed by atoms with E-state index in [1.807, 2.05) is 55.5 Å². The summed E-state index contributed by atoms with van der Waals surface area (Å²) in [5, 5.41) is 19.2. The van der Waals surface area contributed by atoms with Crippen LogP contribution in [0.15, 0.2) is 75.8 Å². The van der Waals surface area contributed by atoms with Gasteiger partial charge in [0.05, 0.1) is 5.71 Å². The first kappa shape index (κ1) is 30.1. The van der Waals surface area contributed by atoms with Crippen LogP contribution in [0.1, 0.15) is 58.1 Å². The maximum Gasteiger partial charge on any atom is 0.331 e. The quantitative estimate of drug-likeness (QED) is 0.128. The number of hydrogen-bond acceptors (Lipinski definition) is 6. The van der Waals surface area contributed by atoms with Crippen molar-refractivity contribution in [2.45, 2.75) is 64.0 Å². The first-order valence-corrected chi connectivity index (χ1v) is 15.7. The van der Waals surface area contributed by atoms with Crippen molar-refractivity contribution in [2.75, 3.05) is 5.75 Å². The van der Waals surface area contributed by atoms with Gasteiger partial charge >= 0.3 is 5.97 Å². The van der Waals surface area contributed by atoms with Gasteiger partial charge in [-0.15, -0.1) is 11.8 Å². The minimum atomic E-state index is -1.06. The van der Waals surface area contributed by atoms with Gasteiger partial charge in [-0.2, -0.15) is 0 Å². The van der Waals surface area contributed by atoms with Gasteiger partial charge in [0.15, 0.2) is 5.78 Å². The minimum Gasteiger partial charge on any atom is -0.382 e. The Morgan fingerprint density at radius 2 is 2.00 bits per heavy atom. The molecule has 0 amide bonds. The zero-order valence-electron chi connectivity index (χ0n) is 24.1. The number of oxime groups is 1. The summed E-state index contributed by atoms with van der Waals surface area (Å²) in [6.07, 6.45) is 10.2. The van der Waals surface area contributed by atoms with Gasteiger partial charge < -0.3 is 14.5 Å². The number of halogens is 1. The maximum absolute atomic E-state index is 13.5. The predicted octanol–water partition coefficient (Wildman–Crippen LogP) is 6.27. The van der Waals surface area contributed by atoms with Crippen molar-refractivity contribution in [1.29, 1.82) is 0 Å². The lowest BCUT2D eigenvalue weighted by atomic mass is 9.86. The second kappa shape index (κ2) is 13.3. The maximum atomic E-state index is 13.5. The van der Waals surface area contributed by atoms with Crippen LogP contribution in [0.25, 0.3) is 23.1 Å².